The highest BCUT2D eigenvalue weighted by Gasteiger charge is 2.32. The average Bonchev–Trinajstić information content (AvgIpc) is 2.95. The number of aryl methyl sites for hydroxylation is 1. The van der Waals surface area contributed by atoms with Crippen LogP contribution in [-0.2, 0) is 21.9 Å². The van der Waals surface area contributed by atoms with Crippen molar-refractivity contribution in [2.75, 3.05) is 13.1 Å². The number of piperidine rings is 1. The smallest absolute Gasteiger partial charge is 0.307 e. The van der Waals surface area contributed by atoms with E-state index in [2.05, 4.69) is 5.32 Å². The van der Waals surface area contributed by atoms with Crippen molar-refractivity contribution in [3.8, 4) is 0 Å². The van der Waals surface area contributed by atoms with Crippen molar-refractivity contribution < 1.29 is 13.2 Å². The Kier molecular flexibility index (Phi) is 5.73. The number of hydrogen-bond acceptors (Lipinski definition) is 5. The van der Waals surface area contributed by atoms with Gasteiger partial charge in [0, 0.05) is 32.1 Å². The Morgan fingerprint density at radius 2 is 2.00 bits per heavy atom. The summed E-state index contributed by atoms with van der Waals surface area (Å²) in [5.41, 5.74) is 0.726. The van der Waals surface area contributed by atoms with Gasteiger partial charge in [-0.2, -0.15) is 4.31 Å². The third-order valence-electron chi connectivity index (χ3n) is 5.23. The number of aromatic nitrogens is 1. The summed E-state index contributed by atoms with van der Waals surface area (Å²) in [4.78, 5) is 24.1. The summed E-state index contributed by atoms with van der Waals surface area (Å²) >= 11 is 1.04. The molecule has 1 aliphatic rings. The largest absolute Gasteiger partial charge is 0.353 e. The molecule has 1 amide bonds. The lowest BCUT2D eigenvalue weighted by Gasteiger charge is -2.31. The molecule has 1 saturated heterocycles. The second kappa shape index (κ2) is 7.73. The second-order valence-corrected chi connectivity index (χ2v) is 9.98. The molecule has 27 heavy (non-hydrogen) atoms. The minimum Gasteiger partial charge on any atom is -0.353 e. The van der Waals surface area contributed by atoms with Crippen LogP contribution in [0, 0.1) is 5.92 Å². The van der Waals surface area contributed by atoms with Crippen molar-refractivity contribution >= 4 is 37.5 Å². The molecule has 1 aromatic carbocycles. The standard InChI is InChI=1S/C18H25N3O4S2/c1-4-12(2)19-17(22)13-7-9-21(10-8-13)27(24,25)14-5-6-15-16(11-14)26-18(23)20(15)3/h5-6,11-13H,4,7-10H2,1-3H3,(H,19,22)/t12-/m0/s1. The van der Waals surface area contributed by atoms with Gasteiger partial charge in [0.05, 0.1) is 15.1 Å². The highest BCUT2D eigenvalue weighted by atomic mass is 32.2. The first-order valence-corrected chi connectivity index (χ1v) is 11.4. The van der Waals surface area contributed by atoms with Crippen molar-refractivity contribution in [3.05, 3.63) is 27.9 Å². The minimum absolute atomic E-state index is 0.0110. The van der Waals surface area contributed by atoms with Gasteiger partial charge in [-0.15, -0.1) is 0 Å². The van der Waals surface area contributed by atoms with Crippen LogP contribution < -0.4 is 10.2 Å². The SMILES string of the molecule is CC[C@H](C)NC(=O)C1CCN(S(=O)(=O)c2ccc3c(c2)sc(=O)n3C)CC1. The number of carbonyl (C=O) groups excluding carboxylic acids is 1. The van der Waals surface area contributed by atoms with Crippen LogP contribution in [0.5, 0.6) is 0 Å². The van der Waals surface area contributed by atoms with Crippen LogP contribution in [0.2, 0.25) is 0 Å². The van der Waals surface area contributed by atoms with Crippen LogP contribution in [0.25, 0.3) is 10.2 Å². The summed E-state index contributed by atoms with van der Waals surface area (Å²) in [5.74, 6) is -0.135. The molecule has 0 unspecified atom stereocenters. The molecule has 1 N–H and O–H groups in total. The average molecular weight is 412 g/mol. The van der Waals surface area contributed by atoms with E-state index in [9.17, 15) is 18.0 Å². The van der Waals surface area contributed by atoms with Crippen molar-refractivity contribution in [3.63, 3.8) is 0 Å². The van der Waals surface area contributed by atoms with Crippen molar-refractivity contribution in [2.24, 2.45) is 13.0 Å². The summed E-state index contributed by atoms with van der Waals surface area (Å²) < 4.78 is 29.5. The molecule has 9 heteroatoms. The van der Waals surface area contributed by atoms with E-state index in [-0.39, 0.29) is 27.6 Å². The molecule has 1 atom stereocenters. The van der Waals surface area contributed by atoms with Gasteiger partial charge in [0.1, 0.15) is 0 Å². The van der Waals surface area contributed by atoms with Gasteiger partial charge >= 0.3 is 4.87 Å². The zero-order chi connectivity index (χ0) is 19.8. The summed E-state index contributed by atoms with van der Waals surface area (Å²) in [6, 6.07) is 4.92. The number of carbonyl (C=O) groups is 1. The molecule has 2 aromatic rings. The lowest BCUT2D eigenvalue weighted by molar-refractivity contribution is -0.126. The third-order valence-corrected chi connectivity index (χ3v) is 8.12. The van der Waals surface area contributed by atoms with Crippen LogP contribution in [0.4, 0.5) is 0 Å². The quantitative estimate of drug-likeness (QED) is 0.814. The maximum Gasteiger partial charge on any atom is 0.307 e. The van der Waals surface area contributed by atoms with Crippen LogP contribution in [-0.4, -0.2) is 42.3 Å². The van der Waals surface area contributed by atoms with Gasteiger partial charge in [0.15, 0.2) is 0 Å². The summed E-state index contributed by atoms with van der Waals surface area (Å²) in [5, 5.41) is 2.97. The van der Waals surface area contributed by atoms with Gasteiger partial charge in [-0.05, 0) is 44.4 Å². The van der Waals surface area contributed by atoms with E-state index in [1.807, 2.05) is 13.8 Å². The Hall–Kier alpha value is -1.71. The monoisotopic (exact) mass is 411 g/mol. The lowest BCUT2D eigenvalue weighted by atomic mass is 9.97. The number of thiazole rings is 1. The summed E-state index contributed by atoms with van der Waals surface area (Å²) in [6.45, 7) is 4.62. The van der Waals surface area contributed by atoms with Crippen molar-refractivity contribution in [2.45, 2.75) is 44.0 Å². The maximum absolute atomic E-state index is 13.0. The number of sulfonamides is 1. The summed E-state index contributed by atoms with van der Waals surface area (Å²) in [6.07, 6.45) is 1.90. The van der Waals surface area contributed by atoms with Gasteiger partial charge in [0.2, 0.25) is 15.9 Å². The Morgan fingerprint density at radius 1 is 1.33 bits per heavy atom. The highest BCUT2D eigenvalue weighted by molar-refractivity contribution is 7.89. The van der Waals surface area contributed by atoms with Crippen LogP contribution in [0.15, 0.2) is 27.9 Å². The van der Waals surface area contributed by atoms with Gasteiger partial charge in [0.25, 0.3) is 0 Å². The fraction of sp³-hybridized carbons (Fsp3) is 0.556. The number of benzene rings is 1. The van der Waals surface area contributed by atoms with Gasteiger partial charge in [-0.3, -0.25) is 9.59 Å². The Labute approximate surface area is 163 Å². The molecule has 2 heterocycles. The van der Waals surface area contributed by atoms with Gasteiger partial charge in [-0.25, -0.2) is 8.42 Å². The topological polar surface area (TPSA) is 88.5 Å². The normalized spacial score (nSPS) is 17.9. The first-order chi connectivity index (χ1) is 12.7. The van der Waals surface area contributed by atoms with E-state index < -0.39 is 10.0 Å². The van der Waals surface area contributed by atoms with Crippen LogP contribution in [0.3, 0.4) is 0 Å². The Bertz CT molecular complexity index is 1000. The summed E-state index contributed by atoms with van der Waals surface area (Å²) in [7, 11) is -1.97. The molecule has 148 valence electrons. The van der Waals surface area contributed by atoms with E-state index in [1.165, 1.54) is 8.87 Å². The first kappa shape index (κ1) is 20.0. The maximum atomic E-state index is 13.0. The molecule has 0 aliphatic carbocycles. The molecule has 1 aromatic heterocycles. The molecule has 0 radical (unpaired) electrons. The predicted octanol–water partition coefficient (Wildman–Crippen LogP) is 1.92. The number of hydrogen-bond donors (Lipinski definition) is 1. The molecule has 0 saturated carbocycles. The van der Waals surface area contributed by atoms with E-state index >= 15 is 0 Å². The minimum atomic E-state index is -3.64. The van der Waals surface area contributed by atoms with Gasteiger partial charge < -0.3 is 9.88 Å². The van der Waals surface area contributed by atoms with E-state index in [0.29, 0.717) is 30.6 Å². The molecule has 0 spiro atoms. The second-order valence-electron chi connectivity index (χ2n) is 7.05. The number of rotatable bonds is 5. The number of nitrogens with zero attached hydrogens (tertiary/aromatic N) is 2. The Morgan fingerprint density at radius 3 is 2.63 bits per heavy atom. The molecule has 1 aliphatic heterocycles. The molecule has 0 bridgehead atoms. The van der Waals surface area contributed by atoms with E-state index in [0.717, 1.165) is 23.3 Å². The lowest BCUT2D eigenvalue weighted by Crippen LogP contribution is -2.44. The molecule has 1 fully saturated rings. The zero-order valence-electron chi connectivity index (χ0n) is 15.8. The predicted molar refractivity (Wildman–Crippen MR) is 106 cm³/mol. The number of nitrogens with one attached hydrogen (secondary N) is 1. The van der Waals surface area contributed by atoms with Crippen LogP contribution in [0.1, 0.15) is 33.1 Å². The van der Waals surface area contributed by atoms with Crippen molar-refractivity contribution in [1.82, 2.24) is 14.2 Å². The number of fused-ring (bicyclic) bond motifs is 1. The zero-order valence-corrected chi connectivity index (χ0v) is 17.4. The van der Waals surface area contributed by atoms with E-state index in [1.54, 1.807) is 25.2 Å². The highest BCUT2D eigenvalue weighted by Crippen LogP contribution is 2.27. The first-order valence-electron chi connectivity index (χ1n) is 9.14. The van der Waals surface area contributed by atoms with Crippen LogP contribution >= 0.6 is 11.3 Å². The van der Waals surface area contributed by atoms with E-state index in [4.69, 9.17) is 0 Å². The molecule has 3 rings (SSSR count). The number of amides is 1. The fourth-order valence-electron chi connectivity index (χ4n) is 3.24. The van der Waals surface area contributed by atoms with Crippen molar-refractivity contribution in [1.29, 1.82) is 0 Å². The molecule has 7 nitrogen and oxygen atoms in total. The third kappa shape index (κ3) is 3.95. The van der Waals surface area contributed by atoms with Gasteiger partial charge in [-0.1, -0.05) is 18.3 Å². The Balaban J connectivity index is 1.73. The molecular formula is C18H25N3O4S2. The molecular weight excluding hydrogens is 386 g/mol. The fourth-order valence-corrected chi connectivity index (χ4v) is 5.73.